The maximum absolute atomic E-state index is 13.0. The number of methoxy groups -OCH3 is 1. The molecule has 32 heavy (non-hydrogen) atoms. The van der Waals surface area contributed by atoms with Crippen LogP contribution in [0.15, 0.2) is 106 Å². The van der Waals surface area contributed by atoms with Crippen molar-refractivity contribution in [2.24, 2.45) is 0 Å². The molecule has 0 N–H and O–H groups in total. The van der Waals surface area contributed by atoms with Crippen LogP contribution in [0, 0.1) is 0 Å². The summed E-state index contributed by atoms with van der Waals surface area (Å²) in [5, 5.41) is 1.93. The summed E-state index contributed by atoms with van der Waals surface area (Å²) in [6.45, 7) is 5.65. The molecule has 4 aromatic carbocycles. The normalized spacial score (nSPS) is 12.4. The monoisotopic (exact) mass is 443 g/mol. The molecule has 3 nitrogen and oxygen atoms in total. The van der Waals surface area contributed by atoms with Crippen LogP contribution in [-0.2, 0) is 15.6 Å². The highest BCUT2D eigenvalue weighted by Crippen LogP contribution is 2.40. The van der Waals surface area contributed by atoms with Gasteiger partial charge in [0.2, 0.25) is 4.90 Å². The fourth-order valence-electron chi connectivity index (χ4n) is 3.68. The Labute approximate surface area is 192 Å². The van der Waals surface area contributed by atoms with E-state index in [1.54, 1.807) is 7.11 Å². The van der Waals surface area contributed by atoms with E-state index >= 15 is 0 Å². The zero-order chi connectivity index (χ0) is 22.7. The van der Waals surface area contributed by atoms with Crippen LogP contribution >= 0.6 is 0 Å². The molecule has 162 valence electrons. The van der Waals surface area contributed by atoms with Gasteiger partial charge in [-0.15, -0.1) is 0 Å². The van der Waals surface area contributed by atoms with E-state index in [9.17, 15) is 4.79 Å². The van der Waals surface area contributed by atoms with Gasteiger partial charge in [-0.2, -0.15) is 0 Å². The Kier molecular flexibility index (Phi) is 6.24. The lowest BCUT2D eigenvalue weighted by atomic mass is 10.0. The molecular formula is C28H27O3S+. The van der Waals surface area contributed by atoms with Gasteiger partial charge in [-0.1, -0.05) is 48.5 Å². The molecule has 0 heterocycles. The third kappa shape index (κ3) is 4.51. The topological polar surface area (TPSA) is 35.5 Å². The van der Waals surface area contributed by atoms with Gasteiger partial charge in [-0.3, -0.25) is 0 Å². The molecule has 1 atom stereocenters. The van der Waals surface area contributed by atoms with Crippen LogP contribution in [0.3, 0.4) is 0 Å². The Hall–Kier alpha value is -3.24. The number of para-hydroxylation sites is 1. The van der Waals surface area contributed by atoms with E-state index < -0.39 is 16.5 Å². The van der Waals surface area contributed by atoms with Gasteiger partial charge < -0.3 is 9.47 Å². The fourth-order valence-corrected chi connectivity index (χ4v) is 6.02. The van der Waals surface area contributed by atoms with Crippen LogP contribution in [0.25, 0.3) is 10.8 Å². The summed E-state index contributed by atoms with van der Waals surface area (Å²) in [6.07, 6.45) is 0. The molecule has 0 aromatic heterocycles. The van der Waals surface area contributed by atoms with Crippen molar-refractivity contribution < 1.29 is 14.3 Å². The highest BCUT2D eigenvalue weighted by Gasteiger charge is 2.34. The minimum absolute atomic E-state index is 0.308. The first-order chi connectivity index (χ1) is 15.4. The second-order valence-corrected chi connectivity index (χ2v) is 10.4. The van der Waals surface area contributed by atoms with Gasteiger partial charge in [0.25, 0.3) is 0 Å². The smallest absolute Gasteiger partial charge is 0.339 e. The van der Waals surface area contributed by atoms with E-state index in [1.165, 1.54) is 4.90 Å². The average Bonchev–Trinajstić information content (AvgIpc) is 2.79. The van der Waals surface area contributed by atoms with Crippen molar-refractivity contribution in [3.8, 4) is 5.75 Å². The molecule has 4 heteroatoms. The maximum atomic E-state index is 13.0. The standard InChI is InChI=1S/C28H27O3S/c1-28(2,3)31-27(29)23-18-19-25(22-15-9-8-14-21(22)23)32(20-12-6-5-7-13-20)26-17-11-10-16-24(26)30-4/h5-19H,1-4H3/q+1. The van der Waals surface area contributed by atoms with Gasteiger partial charge in [0.05, 0.1) is 12.7 Å². The number of hydrogen-bond donors (Lipinski definition) is 0. The highest BCUT2D eigenvalue weighted by molar-refractivity contribution is 7.97. The Morgan fingerprint density at radius 2 is 1.34 bits per heavy atom. The van der Waals surface area contributed by atoms with Crippen molar-refractivity contribution in [1.82, 2.24) is 0 Å². The molecule has 0 saturated carbocycles. The average molecular weight is 444 g/mol. The van der Waals surface area contributed by atoms with Gasteiger partial charge in [0.1, 0.15) is 16.5 Å². The van der Waals surface area contributed by atoms with Crippen molar-refractivity contribution in [2.75, 3.05) is 7.11 Å². The Morgan fingerprint density at radius 3 is 2.03 bits per heavy atom. The van der Waals surface area contributed by atoms with Crippen LogP contribution < -0.4 is 4.74 Å². The molecular weight excluding hydrogens is 416 g/mol. The molecule has 0 aliphatic heterocycles. The van der Waals surface area contributed by atoms with Crippen LogP contribution in [0.1, 0.15) is 31.1 Å². The van der Waals surface area contributed by atoms with E-state index in [0.717, 1.165) is 26.3 Å². The molecule has 0 radical (unpaired) electrons. The summed E-state index contributed by atoms with van der Waals surface area (Å²) >= 11 is 0. The van der Waals surface area contributed by atoms with Gasteiger partial charge in [-0.05, 0) is 63.2 Å². The van der Waals surface area contributed by atoms with E-state index in [4.69, 9.17) is 9.47 Å². The molecule has 4 aromatic rings. The summed E-state index contributed by atoms with van der Waals surface area (Å²) in [7, 11) is 1.29. The number of carbonyl (C=O) groups excluding carboxylic acids is 1. The van der Waals surface area contributed by atoms with Crippen LogP contribution in [-0.4, -0.2) is 18.7 Å². The summed E-state index contributed by atoms with van der Waals surface area (Å²) in [6, 6.07) is 30.6. The Morgan fingerprint density at radius 1 is 0.719 bits per heavy atom. The number of ether oxygens (including phenoxy) is 2. The van der Waals surface area contributed by atoms with Crippen LogP contribution in [0.4, 0.5) is 0 Å². The molecule has 0 amide bonds. The number of benzene rings is 4. The van der Waals surface area contributed by atoms with Crippen molar-refractivity contribution in [1.29, 1.82) is 0 Å². The van der Waals surface area contributed by atoms with Gasteiger partial charge in [0, 0.05) is 10.8 Å². The molecule has 4 rings (SSSR count). The van der Waals surface area contributed by atoms with Gasteiger partial charge in [0.15, 0.2) is 15.5 Å². The van der Waals surface area contributed by atoms with Crippen molar-refractivity contribution >= 4 is 27.6 Å². The quantitative estimate of drug-likeness (QED) is 0.249. The van der Waals surface area contributed by atoms with Crippen LogP contribution in [0.2, 0.25) is 0 Å². The van der Waals surface area contributed by atoms with Gasteiger partial charge in [-0.25, -0.2) is 4.79 Å². The van der Waals surface area contributed by atoms with Crippen molar-refractivity contribution in [3.63, 3.8) is 0 Å². The first-order valence-electron chi connectivity index (χ1n) is 10.6. The summed E-state index contributed by atoms with van der Waals surface area (Å²) in [5.41, 5.74) is 0.0266. The maximum Gasteiger partial charge on any atom is 0.339 e. The summed E-state index contributed by atoms with van der Waals surface area (Å²) < 4.78 is 11.4. The lowest BCUT2D eigenvalue weighted by Crippen LogP contribution is -2.24. The number of carbonyl (C=O) groups is 1. The van der Waals surface area contributed by atoms with Crippen molar-refractivity contribution in [3.05, 3.63) is 96.6 Å². The third-order valence-electron chi connectivity index (χ3n) is 4.99. The largest absolute Gasteiger partial charge is 0.491 e. The Bertz CT molecular complexity index is 1240. The third-order valence-corrected chi connectivity index (χ3v) is 7.31. The van der Waals surface area contributed by atoms with Crippen molar-refractivity contribution in [2.45, 2.75) is 41.1 Å². The molecule has 0 fully saturated rings. The van der Waals surface area contributed by atoms with E-state index in [-0.39, 0.29) is 5.97 Å². The molecule has 0 saturated heterocycles. The second-order valence-electron chi connectivity index (χ2n) is 8.43. The highest BCUT2D eigenvalue weighted by atomic mass is 32.2. The van der Waals surface area contributed by atoms with Crippen LogP contribution in [0.5, 0.6) is 5.75 Å². The van der Waals surface area contributed by atoms with E-state index in [2.05, 4.69) is 42.5 Å². The van der Waals surface area contributed by atoms with E-state index in [1.807, 2.05) is 69.3 Å². The Balaban J connectivity index is 1.95. The summed E-state index contributed by atoms with van der Waals surface area (Å²) in [4.78, 5) is 16.4. The number of esters is 1. The molecule has 0 spiro atoms. The molecule has 1 unspecified atom stereocenters. The minimum Gasteiger partial charge on any atom is -0.491 e. The molecule has 0 bridgehead atoms. The predicted molar refractivity (Wildman–Crippen MR) is 131 cm³/mol. The lowest BCUT2D eigenvalue weighted by molar-refractivity contribution is 0.00718. The van der Waals surface area contributed by atoms with E-state index in [0.29, 0.717) is 5.56 Å². The zero-order valence-corrected chi connectivity index (χ0v) is 19.6. The van der Waals surface area contributed by atoms with Gasteiger partial charge >= 0.3 is 5.97 Å². The summed E-state index contributed by atoms with van der Waals surface area (Å²) in [5.74, 6) is 0.539. The fraction of sp³-hybridized carbons (Fsp3) is 0.179. The first kappa shape index (κ1) is 22.0. The lowest BCUT2D eigenvalue weighted by Gasteiger charge is -2.20. The first-order valence-corrected chi connectivity index (χ1v) is 11.8. The predicted octanol–water partition coefficient (Wildman–Crippen LogP) is 6.90. The number of hydrogen-bond acceptors (Lipinski definition) is 3. The minimum atomic E-state index is -0.553. The SMILES string of the molecule is COc1ccccc1[S+](c1ccccc1)c1ccc(C(=O)OC(C)(C)C)c2ccccc12. The number of fused-ring (bicyclic) bond motifs is 1. The second kappa shape index (κ2) is 9.09. The molecule has 0 aliphatic rings. The zero-order valence-electron chi connectivity index (χ0n) is 18.8. The molecule has 0 aliphatic carbocycles. The number of rotatable bonds is 5.